The summed E-state index contributed by atoms with van der Waals surface area (Å²) >= 11 is 6.40. The van der Waals surface area contributed by atoms with Gasteiger partial charge >= 0.3 is 5.97 Å². The number of hydrogen-bond acceptors (Lipinski definition) is 6. The Kier molecular flexibility index (Phi) is 4.44. The zero-order chi connectivity index (χ0) is 17.3. The van der Waals surface area contributed by atoms with Crippen LogP contribution in [0.4, 0.5) is 0 Å². The largest absolute Gasteiger partial charge is 0.462 e. The maximum atomic E-state index is 12.0. The summed E-state index contributed by atoms with van der Waals surface area (Å²) in [7, 11) is 0. The maximum Gasteiger partial charge on any atom is 0.341 e. The van der Waals surface area contributed by atoms with Crippen molar-refractivity contribution in [3.8, 4) is 0 Å². The van der Waals surface area contributed by atoms with Crippen molar-refractivity contribution in [1.29, 1.82) is 0 Å². The van der Waals surface area contributed by atoms with E-state index >= 15 is 0 Å². The van der Waals surface area contributed by atoms with Gasteiger partial charge in [-0.25, -0.2) is 24.4 Å². The predicted molar refractivity (Wildman–Crippen MR) is 89.1 cm³/mol. The van der Waals surface area contributed by atoms with Crippen LogP contribution in [0.3, 0.4) is 0 Å². The number of ether oxygens (including phenoxy) is 1. The molecular weight excluding hydrogens is 330 g/mol. The molecular formula is C16H16ClN5O2. The van der Waals surface area contributed by atoms with Crippen LogP contribution in [-0.2, 0) is 11.3 Å². The normalized spacial score (nSPS) is 11.0. The first kappa shape index (κ1) is 16.3. The molecule has 0 unspecified atom stereocenters. The minimum atomic E-state index is -0.490. The van der Waals surface area contributed by atoms with E-state index in [9.17, 15) is 4.79 Å². The highest BCUT2D eigenvalue weighted by molar-refractivity contribution is 6.38. The molecule has 0 saturated heterocycles. The molecule has 0 aliphatic rings. The number of pyridine rings is 1. The van der Waals surface area contributed by atoms with Crippen LogP contribution < -0.4 is 0 Å². The van der Waals surface area contributed by atoms with Gasteiger partial charge in [0.1, 0.15) is 6.33 Å². The molecule has 0 aliphatic heterocycles. The monoisotopic (exact) mass is 345 g/mol. The fourth-order valence-corrected chi connectivity index (χ4v) is 2.83. The maximum absolute atomic E-state index is 12.0. The van der Waals surface area contributed by atoms with E-state index in [2.05, 4.69) is 20.1 Å². The Hall–Kier alpha value is -2.54. The molecule has 0 N–H and O–H groups in total. The van der Waals surface area contributed by atoms with Crippen molar-refractivity contribution in [2.45, 2.75) is 27.3 Å². The van der Waals surface area contributed by atoms with Gasteiger partial charge < -0.3 is 4.74 Å². The van der Waals surface area contributed by atoms with Gasteiger partial charge in [0.15, 0.2) is 5.65 Å². The first-order valence-corrected chi connectivity index (χ1v) is 7.85. The minimum absolute atomic E-state index is 0.242. The third kappa shape index (κ3) is 2.94. The van der Waals surface area contributed by atoms with E-state index in [0.717, 1.165) is 11.4 Å². The zero-order valence-corrected chi connectivity index (χ0v) is 14.3. The van der Waals surface area contributed by atoms with Crippen LogP contribution >= 0.6 is 11.6 Å². The Balaban J connectivity index is 2.06. The summed E-state index contributed by atoms with van der Waals surface area (Å²) < 4.78 is 6.72. The van der Waals surface area contributed by atoms with Crippen molar-refractivity contribution in [3.05, 3.63) is 46.3 Å². The average molecular weight is 346 g/mol. The molecule has 7 nitrogen and oxygen atoms in total. The van der Waals surface area contributed by atoms with Gasteiger partial charge in [-0.15, -0.1) is 0 Å². The number of aryl methyl sites for hydroxylation is 2. The predicted octanol–water partition coefficient (Wildman–Crippen LogP) is 2.72. The first-order valence-electron chi connectivity index (χ1n) is 7.47. The summed E-state index contributed by atoms with van der Waals surface area (Å²) in [5.41, 5.74) is 3.23. The van der Waals surface area contributed by atoms with Crippen LogP contribution in [-0.4, -0.2) is 37.3 Å². The molecule has 3 heterocycles. The molecule has 0 atom stereocenters. The number of aromatic nitrogens is 5. The molecule has 0 aliphatic carbocycles. The lowest BCUT2D eigenvalue weighted by atomic mass is 10.2. The fourth-order valence-electron chi connectivity index (χ4n) is 2.49. The number of halogens is 1. The van der Waals surface area contributed by atoms with Crippen LogP contribution in [0.1, 0.15) is 34.4 Å². The van der Waals surface area contributed by atoms with Gasteiger partial charge in [0, 0.05) is 11.9 Å². The smallest absolute Gasteiger partial charge is 0.341 e. The van der Waals surface area contributed by atoms with Gasteiger partial charge in [-0.3, -0.25) is 0 Å². The van der Waals surface area contributed by atoms with E-state index < -0.39 is 5.97 Å². The van der Waals surface area contributed by atoms with Gasteiger partial charge in [-0.05, 0) is 26.8 Å². The summed E-state index contributed by atoms with van der Waals surface area (Å²) in [5.74, 6) is -0.490. The van der Waals surface area contributed by atoms with E-state index in [1.54, 1.807) is 11.6 Å². The van der Waals surface area contributed by atoms with Gasteiger partial charge in [0.05, 0.1) is 40.5 Å². The molecule has 0 spiro atoms. The number of esters is 1. The lowest BCUT2D eigenvalue weighted by molar-refractivity contribution is 0.0526. The fraction of sp³-hybridized carbons (Fsp3) is 0.312. The van der Waals surface area contributed by atoms with E-state index in [1.807, 2.05) is 19.9 Å². The molecule has 24 heavy (non-hydrogen) atoms. The third-order valence-corrected chi connectivity index (χ3v) is 3.93. The number of carbonyl (C=O) groups excluding carboxylic acids is 1. The van der Waals surface area contributed by atoms with E-state index in [-0.39, 0.29) is 12.2 Å². The Morgan fingerprint density at radius 3 is 2.79 bits per heavy atom. The Bertz CT molecular complexity index is 922. The van der Waals surface area contributed by atoms with E-state index in [0.29, 0.717) is 28.3 Å². The molecule has 0 saturated carbocycles. The van der Waals surface area contributed by atoms with Crippen molar-refractivity contribution < 1.29 is 9.53 Å². The topological polar surface area (TPSA) is 82.8 Å². The van der Waals surface area contributed by atoms with Crippen molar-refractivity contribution in [2.24, 2.45) is 0 Å². The summed E-state index contributed by atoms with van der Waals surface area (Å²) in [6.07, 6.45) is 2.94. The quantitative estimate of drug-likeness (QED) is 0.676. The molecule has 0 amide bonds. The molecule has 3 aromatic heterocycles. The highest BCUT2D eigenvalue weighted by Crippen LogP contribution is 2.29. The number of rotatable bonds is 4. The van der Waals surface area contributed by atoms with E-state index in [4.69, 9.17) is 16.3 Å². The van der Waals surface area contributed by atoms with Gasteiger partial charge in [-0.1, -0.05) is 11.6 Å². The third-order valence-electron chi connectivity index (χ3n) is 3.54. The highest BCUT2D eigenvalue weighted by Gasteiger charge is 2.20. The molecule has 0 aromatic carbocycles. The average Bonchev–Trinajstić information content (AvgIpc) is 2.84. The second-order valence-corrected chi connectivity index (χ2v) is 5.68. The van der Waals surface area contributed by atoms with Crippen LogP contribution in [0.2, 0.25) is 5.02 Å². The molecule has 0 radical (unpaired) electrons. The Morgan fingerprint density at radius 2 is 2.08 bits per heavy atom. The standard InChI is InChI=1S/C16H16ClN5O2/c1-4-24-16(23)12-6-18-15-13(14(12)17)10(3)21-22(15)7-11-5-9(2)19-8-20-11/h5-6,8H,4,7H2,1-3H3. The Morgan fingerprint density at radius 1 is 1.29 bits per heavy atom. The summed E-state index contributed by atoms with van der Waals surface area (Å²) in [5, 5.41) is 5.43. The lowest BCUT2D eigenvalue weighted by Crippen LogP contribution is -2.08. The first-order chi connectivity index (χ1) is 11.5. The Labute approximate surface area is 143 Å². The zero-order valence-electron chi connectivity index (χ0n) is 13.6. The van der Waals surface area contributed by atoms with Gasteiger partial charge in [-0.2, -0.15) is 5.10 Å². The van der Waals surface area contributed by atoms with Crippen molar-refractivity contribution in [1.82, 2.24) is 24.7 Å². The molecule has 124 valence electrons. The van der Waals surface area contributed by atoms with Gasteiger partial charge in [0.25, 0.3) is 0 Å². The highest BCUT2D eigenvalue weighted by atomic mass is 35.5. The molecule has 0 fully saturated rings. The van der Waals surface area contributed by atoms with Crippen molar-refractivity contribution in [2.75, 3.05) is 6.61 Å². The van der Waals surface area contributed by atoms with E-state index in [1.165, 1.54) is 12.5 Å². The minimum Gasteiger partial charge on any atom is -0.462 e. The van der Waals surface area contributed by atoms with Crippen molar-refractivity contribution >= 4 is 28.6 Å². The van der Waals surface area contributed by atoms with Crippen LogP contribution in [0.25, 0.3) is 11.0 Å². The van der Waals surface area contributed by atoms with Gasteiger partial charge in [0.2, 0.25) is 0 Å². The number of carbonyl (C=O) groups is 1. The number of nitrogens with zero attached hydrogens (tertiary/aromatic N) is 5. The second-order valence-electron chi connectivity index (χ2n) is 5.30. The molecule has 3 rings (SSSR count). The molecule has 8 heteroatoms. The summed E-state index contributed by atoms with van der Waals surface area (Å²) in [4.78, 5) is 24.6. The van der Waals surface area contributed by atoms with Crippen LogP contribution in [0, 0.1) is 13.8 Å². The van der Waals surface area contributed by atoms with Crippen molar-refractivity contribution in [3.63, 3.8) is 0 Å². The number of hydrogen-bond donors (Lipinski definition) is 0. The van der Waals surface area contributed by atoms with Crippen LogP contribution in [0.5, 0.6) is 0 Å². The number of fused-ring (bicyclic) bond motifs is 1. The summed E-state index contributed by atoms with van der Waals surface area (Å²) in [6, 6.07) is 1.89. The molecule has 0 bridgehead atoms. The summed E-state index contributed by atoms with van der Waals surface area (Å²) in [6.45, 7) is 6.18. The lowest BCUT2D eigenvalue weighted by Gasteiger charge is -2.06. The SMILES string of the molecule is CCOC(=O)c1cnc2c(c(C)nn2Cc2cc(C)ncn2)c1Cl. The second kappa shape index (κ2) is 6.52. The molecule has 3 aromatic rings. The van der Waals surface area contributed by atoms with Crippen LogP contribution in [0.15, 0.2) is 18.6 Å².